The third kappa shape index (κ3) is 4.00. The second-order valence-corrected chi connectivity index (χ2v) is 6.18. The Hall–Kier alpha value is -3.34. The average molecular weight is 348 g/mol. The van der Waals surface area contributed by atoms with Gasteiger partial charge in [-0.15, -0.1) is 0 Å². The maximum absolute atomic E-state index is 12.4. The topological polar surface area (TPSA) is 71.3 Å². The highest BCUT2D eigenvalue weighted by atomic mass is 16.3. The van der Waals surface area contributed by atoms with Gasteiger partial charge in [-0.25, -0.2) is 0 Å². The predicted molar refractivity (Wildman–Crippen MR) is 102 cm³/mol. The Morgan fingerprint density at radius 1 is 0.808 bits per heavy atom. The Balaban J connectivity index is 1.71. The van der Waals surface area contributed by atoms with Crippen LogP contribution in [0.2, 0.25) is 0 Å². The second-order valence-electron chi connectivity index (χ2n) is 6.18. The highest BCUT2D eigenvalue weighted by molar-refractivity contribution is 6.02. The number of rotatable bonds is 4. The number of nitrogens with one attached hydrogen (secondary N) is 2. The fourth-order valence-electron chi connectivity index (χ4n) is 2.54. The summed E-state index contributed by atoms with van der Waals surface area (Å²) in [7, 11) is 0. The van der Waals surface area contributed by atoms with E-state index in [9.17, 15) is 9.59 Å². The van der Waals surface area contributed by atoms with Gasteiger partial charge < -0.3 is 15.1 Å². The van der Waals surface area contributed by atoms with Gasteiger partial charge in [0.1, 0.15) is 5.76 Å². The van der Waals surface area contributed by atoms with Crippen molar-refractivity contribution < 1.29 is 14.0 Å². The third-order valence-electron chi connectivity index (χ3n) is 4.08. The van der Waals surface area contributed by atoms with Gasteiger partial charge in [-0.05, 0) is 67.4 Å². The van der Waals surface area contributed by atoms with E-state index in [0.717, 1.165) is 5.56 Å². The minimum absolute atomic E-state index is 0.142. The molecule has 0 aliphatic heterocycles. The number of aryl methyl sites for hydroxylation is 2. The van der Waals surface area contributed by atoms with Crippen LogP contribution >= 0.6 is 0 Å². The summed E-state index contributed by atoms with van der Waals surface area (Å²) in [4.78, 5) is 23.4. The zero-order valence-corrected chi connectivity index (χ0v) is 14.9. The van der Waals surface area contributed by atoms with E-state index in [1.54, 1.807) is 36.4 Å². The lowest BCUT2D eigenvalue weighted by Gasteiger charge is -2.06. The Labute approximate surface area is 152 Å². The van der Waals surface area contributed by atoms with Crippen LogP contribution in [0.5, 0.6) is 0 Å². The van der Waals surface area contributed by atoms with Crippen molar-refractivity contribution in [3.05, 3.63) is 71.5 Å². The van der Waals surface area contributed by atoms with Crippen molar-refractivity contribution in [2.75, 3.05) is 10.6 Å². The van der Waals surface area contributed by atoms with Crippen LogP contribution in [0.25, 0.3) is 11.3 Å². The van der Waals surface area contributed by atoms with Gasteiger partial charge in [0.15, 0.2) is 5.76 Å². The second kappa shape index (κ2) is 7.27. The summed E-state index contributed by atoms with van der Waals surface area (Å²) >= 11 is 0. The molecule has 3 aromatic rings. The van der Waals surface area contributed by atoms with Crippen LogP contribution in [0, 0.1) is 13.8 Å². The number of hydrogen-bond acceptors (Lipinski definition) is 3. The molecule has 5 nitrogen and oxygen atoms in total. The number of carbonyl (C=O) groups excluding carboxylic acids is 2. The normalized spacial score (nSPS) is 10.4. The van der Waals surface area contributed by atoms with Crippen LogP contribution in [-0.2, 0) is 4.79 Å². The van der Waals surface area contributed by atoms with E-state index in [2.05, 4.69) is 17.6 Å². The number of furan rings is 1. The van der Waals surface area contributed by atoms with Gasteiger partial charge in [0.2, 0.25) is 5.91 Å². The van der Waals surface area contributed by atoms with E-state index in [4.69, 9.17) is 4.42 Å². The molecule has 0 radical (unpaired) electrons. The van der Waals surface area contributed by atoms with Crippen molar-refractivity contribution in [2.45, 2.75) is 20.8 Å². The van der Waals surface area contributed by atoms with Crippen LogP contribution in [0.3, 0.4) is 0 Å². The predicted octanol–water partition coefficient (Wildman–Crippen LogP) is 4.77. The highest BCUT2D eigenvalue weighted by Crippen LogP contribution is 2.25. The molecule has 2 aromatic carbocycles. The van der Waals surface area contributed by atoms with Crippen LogP contribution in [-0.4, -0.2) is 11.8 Å². The summed E-state index contributed by atoms with van der Waals surface area (Å²) < 4.78 is 5.71. The summed E-state index contributed by atoms with van der Waals surface area (Å²) in [5, 5.41) is 5.46. The van der Waals surface area contributed by atoms with Crippen LogP contribution in [0.1, 0.15) is 28.6 Å². The molecule has 1 heterocycles. The molecule has 0 saturated heterocycles. The molecule has 2 amide bonds. The minimum Gasteiger partial charge on any atom is -0.451 e. The molecule has 1 aromatic heterocycles. The first-order chi connectivity index (χ1) is 12.4. The van der Waals surface area contributed by atoms with E-state index in [1.165, 1.54) is 18.1 Å². The number of hydrogen-bond donors (Lipinski definition) is 2. The van der Waals surface area contributed by atoms with Crippen LogP contribution in [0.4, 0.5) is 11.4 Å². The summed E-state index contributed by atoms with van der Waals surface area (Å²) in [6.45, 7) is 5.54. The molecule has 5 heteroatoms. The maximum atomic E-state index is 12.4. The molecule has 3 rings (SSSR count). The molecule has 0 atom stereocenters. The molecule has 0 saturated carbocycles. The Kier molecular flexibility index (Phi) is 4.89. The van der Waals surface area contributed by atoms with Crippen molar-refractivity contribution >= 4 is 23.2 Å². The maximum Gasteiger partial charge on any atom is 0.291 e. The molecule has 0 aliphatic rings. The van der Waals surface area contributed by atoms with Crippen LogP contribution in [0.15, 0.2) is 59.0 Å². The molecular formula is C21H20N2O3. The first kappa shape index (κ1) is 17.5. The smallest absolute Gasteiger partial charge is 0.291 e. The lowest BCUT2D eigenvalue weighted by Crippen LogP contribution is -2.11. The van der Waals surface area contributed by atoms with Gasteiger partial charge in [-0.2, -0.15) is 0 Å². The first-order valence-electron chi connectivity index (χ1n) is 8.29. The quantitative estimate of drug-likeness (QED) is 0.713. The first-order valence-corrected chi connectivity index (χ1v) is 8.29. The minimum atomic E-state index is -0.327. The molecule has 0 unspecified atom stereocenters. The van der Waals surface area contributed by atoms with E-state index in [1.807, 2.05) is 25.1 Å². The van der Waals surface area contributed by atoms with Gasteiger partial charge >= 0.3 is 0 Å². The summed E-state index contributed by atoms with van der Waals surface area (Å²) in [5.74, 6) is 0.423. The monoisotopic (exact) mass is 348 g/mol. The van der Waals surface area contributed by atoms with Gasteiger partial charge in [0, 0.05) is 23.9 Å². The molecule has 0 spiro atoms. The fourth-order valence-corrected chi connectivity index (χ4v) is 2.54. The van der Waals surface area contributed by atoms with Gasteiger partial charge in [-0.3, -0.25) is 9.59 Å². The number of carbonyl (C=O) groups is 2. The van der Waals surface area contributed by atoms with Crippen molar-refractivity contribution in [3.8, 4) is 11.3 Å². The zero-order chi connectivity index (χ0) is 18.7. The van der Waals surface area contributed by atoms with Crippen molar-refractivity contribution in [2.24, 2.45) is 0 Å². The fraction of sp³-hybridized carbons (Fsp3) is 0.143. The molecule has 26 heavy (non-hydrogen) atoms. The zero-order valence-electron chi connectivity index (χ0n) is 14.9. The molecule has 132 valence electrons. The largest absolute Gasteiger partial charge is 0.451 e. The summed E-state index contributed by atoms with van der Waals surface area (Å²) in [5.41, 5.74) is 4.61. The van der Waals surface area contributed by atoms with Gasteiger partial charge in [-0.1, -0.05) is 12.1 Å². The van der Waals surface area contributed by atoms with Gasteiger partial charge in [0.05, 0.1) is 0 Å². The van der Waals surface area contributed by atoms with Crippen LogP contribution < -0.4 is 10.6 Å². The van der Waals surface area contributed by atoms with E-state index >= 15 is 0 Å². The summed E-state index contributed by atoms with van der Waals surface area (Å²) in [6.07, 6.45) is 0. The number of benzene rings is 2. The Bertz CT molecular complexity index is 956. The van der Waals surface area contributed by atoms with Crippen molar-refractivity contribution in [1.82, 2.24) is 0 Å². The number of anilines is 2. The third-order valence-corrected chi connectivity index (χ3v) is 4.08. The molecule has 2 N–H and O–H groups in total. The molecule has 0 aliphatic carbocycles. The Morgan fingerprint density at radius 2 is 1.46 bits per heavy atom. The average Bonchev–Trinajstić information content (AvgIpc) is 3.09. The molecule has 0 fully saturated rings. The van der Waals surface area contributed by atoms with Gasteiger partial charge in [0.25, 0.3) is 5.91 Å². The van der Waals surface area contributed by atoms with E-state index < -0.39 is 0 Å². The standard InChI is InChI=1S/C21H20N2O3/c1-13-4-5-16(12-14(13)2)19-10-11-20(26-19)21(25)23-18-8-6-17(7-9-18)22-15(3)24/h4-12H,1-3H3,(H,22,24)(H,23,25). The highest BCUT2D eigenvalue weighted by Gasteiger charge is 2.13. The lowest BCUT2D eigenvalue weighted by atomic mass is 10.1. The number of amides is 2. The molecule has 0 bridgehead atoms. The SMILES string of the molecule is CC(=O)Nc1ccc(NC(=O)c2ccc(-c3ccc(C)c(C)c3)o2)cc1. The van der Waals surface area contributed by atoms with E-state index in [0.29, 0.717) is 17.1 Å². The van der Waals surface area contributed by atoms with Crippen molar-refractivity contribution in [1.29, 1.82) is 0 Å². The Morgan fingerprint density at radius 3 is 2.08 bits per heavy atom. The lowest BCUT2D eigenvalue weighted by molar-refractivity contribution is -0.114. The van der Waals surface area contributed by atoms with Crippen molar-refractivity contribution in [3.63, 3.8) is 0 Å². The van der Waals surface area contributed by atoms with E-state index in [-0.39, 0.29) is 17.6 Å². The summed E-state index contributed by atoms with van der Waals surface area (Å²) in [6, 6.07) is 16.4. The molecular weight excluding hydrogens is 328 g/mol.